The summed E-state index contributed by atoms with van der Waals surface area (Å²) < 4.78 is 16.0. The van der Waals surface area contributed by atoms with Gasteiger partial charge in [-0.05, 0) is 63.1 Å². The number of carbonyl (C=O) groups excluding carboxylic acids is 3. The van der Waals surface area contributed by atoms with Crippen molar-refractivity contribution in [2.75, 3.05) is 12.4 Å². The van der Waals surface area contributed by atoms with E-state index in [4.69, 9.17) is 14.2 Å². The summed E-state index contributed by atoms with van der Waals surface area (Å²) in [4.78, 5) is 38.1. The van der Waals surface area contributed by atoms with Gasteiger partial charge in [-0.15, -0.1) is 11.3 Å². The lowest BCUT2D eigenvalue weighted by Crippen LogP contribution is -2.32. The Morgan fingerprint density at radius 2 is 1.67 bits per heavy atom. The third-order valence-electron chi connectivity index (χ3n) is 4.92. The van der Waals surface area contributed by atoms with Crippen LogP contribution < -0.4 is 15.4 Å². The lowest BCUT2D eigenvalue weighted by atomic mass is 10.1. The van der Waals surface area contributed by atoms with Crippen molar-refractivity contribution in [3.8, 4) is 11.5 Å². The number of thiophene rings is 1. The molecular weight excluding hydrogens is 480 g/mol. The van der Waals surface area contributed by atoms with Gasteiger partial charge >= 0.3 is 12.1 Å². The number of ether oxygens (including phenoxy) is 3. The van der Waals surface area contributed by atoms with Crippen LogP contribution in [0.15, 0.2) is 54.6 Å². The van der Waals surface area contributed by atoms with E-state index in [0.717, 1.165) is 5.56 Å². The number of rotatable bonds is 8. The first-order valence-corrected chi connectivity index (χ1v) is 12.2. The quantitative estimate of drug-likeness (QED) is 0.369. The smallest absolute Gasteiger partial charge is 0.407 e. The molecule has 0 aliphatic carbocycles. The summed E-state index contributed by atoms with van der Waals surface area (Å²) in [5, 5.41) is 5.87. The minimum Gasteiger partial charge on any atom is -0.465 e. The summed E-state index contributed by atoms with van der Waals surface area (Å²) >= 11 is 1.21. The van der Waals surface area contributed by atoms with Gasteiger partial charge in [-0.3, -0.25) is 4.79 Å². The molecule has 2 aromatic carbocycles. The van der Waals surface area contributed by atoms with E-state index in [-0.39, 0.29) is 24.4 Å². The second kappa shape index (κ2) is 11.7. The van der Waals surface area contributed by atoms with Crippen LogP contribution in [-0.2, 0) is 27.2 Å². The Morgan fingerprint density at radius 1 is 0.972 bits per heavy atom. The van der Waals surface area contributed by atoms with E-state index in [2.05, 4.69) is 10.6 Å². The number of para-hydroxylation sites is 1. The van der Waals surface area contributed by atoms with Crippen molar-refractivity contribution in [1.82, 2.24) is 5.32 Å². The topological polar surface area (TPSA) is 103 Å². The van der Waals surface area contributed by atoms with E-state index < -0.39 is 17.7 Å². The summed E-state index contributed by atoms with van der Waals surface area (Å²) in [7, 11) is 1.28. The highest BCUT2D eigenvalue weighted by molar-refractivity contribution is 7.17. The standard InChI is InChI=1S/C27H30N2O6S/c1-17-21(16-28-26(32)35-27(2,3)4)36-24(23(17)25(31)33-5)29-22(30)15-18-10-9-13-20(14-18)34-19-11-7-6-8-12-19/h6-14H,15-16H2,1-5H3,(H,28,32)(H,29,30). The van der Waals surface area contributed by atoms with Crippen LogP contribution in [-0.4, -0.2) is 30.7 Å². The van der Waals surface area contributed by atoms with Gasteiger partial charge in [0, 0.05) is 4.88 Å². The molecule has 0 saturated carbocycles. The molecule has 9 heteroatoms. The molecule has 0 aliphatic rings. The zero-order valence-electron chi connectivity index (χ0n) is 21.0. The minimum absolute atomic E-state index is 0.0784. The average Bonchev–Trinajstić information content (AvgIpc) is 3.11. The fourth-order valence-electron chi connectivity index (χ4n) is 3.33. The molecule has 190 valence electrons. The monoisotopic (exact) mass is 510 g/mol. The van der Waals surface area contributed by atoms with Gasteiger partial charge in [-0.25, -0.2) is 9.59 Å². The van der Waals surface area contributed by atoms with E-state index in [1.54, 1.807) is 33.8 Å². The summed E-state index contributed by atoms with van der Waals surface area (Å²) in [6.07, 6.45) is -0.493. The van der Waals surface area contributed by atoms with Crippen LogP contribution in [0, 0.1) is 6.92 Å². The number of anilines is 1. The molecule has 3 rings (SSSR count). The first-order chi connectivity index (χ1) is 17.1. The number of methoxy groups -OCH3 is 1. The highest BCUT2D eigenvalue weighted by Crippen LogP contribution is 2.34. The predicted octanol–water partition coefficient (Wildman–Crippen LogP) is 5.84. The Hall–Kier alpha value is -3.85. The average molecular weight is 511 g/mol. The van der Waals surface area contributed by atoms with Crippen molar-refractivity contribution in [3.63, 3.8) is 0 Å². The van der Waals surface area contributed by atoms with E-state index in [9.17, 15) is 14.4 Å². The van der Waals surface area contributed by atoms with Crippen LogP contribution in [0.5, 0.6) is 11.5 Å². The molecule has 0 fully saturated rings. The van der Waals surface area contributed by atoms with Crippen LogP contribution in [0.2, 0.25) is 0 Å². The molecule has 2 amide bonds. The van der Waals surface area contributed by atoms with Crippen molar-refractivity contribution in [2.24, 2.45) is 0 Å². The Labute approximate surface area is 214 Å². The van der Waals surface area contributed by atoms with Crippen LogP contribution in [0.3, 0.4) is 0 Å². The summed E-state index contributed by atoms with van der Waals surface area (Å²) in [5.41, 5.74) is 1.00. The lowest BCUT2D eigenvalue weighted by molar-refractivity contribution is -0.115. The van der Waals surface area contributed by atoms with Gasteiger partial charge in [0.2, 0.25) is 5.91 Å². The molecule has 0 aliphatic heterocycles. The van der Waals surface area contributed by atoms with E-state index in [1.165, 1.54) is 18.4 Å². The third kappa shape index (κ3) is 7.58. The minimum atomic E-state index is -0.631. The van der Waals surface area contributed by atoms with Crippen LogP contribution in [0.4, 0.5) is 9.80 Å². The van der Waals surface area contributed by atoms with E-state index >= 15 is 0 Å². The highest BCUT2D eigenvalue weighted by Gasteiger charge is 2.24. The summed E-state index contributed by atoms with van der Waals surface area (Å²) in [6.45, 7) is 7.21. The van der Waals surface area contributed by atoms with Gasteiger partial charge in [0.1, 0.15) is 22.1 Å². The Bertz CT molecular complexity index is 1230. The van der Waals surface area contributed by atoms with Crippen molar-refractivity contribution in [3.05, 3.63) is 76.2 Å². The molecule has 1 heterocycles. The fourth-order valence-corrected chi connectivity index (χ4v) is 4.48. The molecule has 0 saturated heterocycles. The largest absolute Gasteiger partial charge is 0.465 e. The van der Waals surface area contributed by atoms with Crippen molar-refractivity contribution in [2.45, 2.75) is 46.3 Å². The zero-order chi connectivity index (χ0) is 26.3. The Balaban J connectivity index is 1.71. The number of alkyl carbamates (subject to hydrolysis) is 1. The zero-order valence-corrected chi connectivity index (χ0v) is 21.8. The number of hydrogen-bond acceptors (Lipinski definition) is 7. The predicted molar refractivity (Wildman–Crippen MR) is 139 cm³/mol. The molecule has 0 unspecified atom stereocenters. The summed E-state index contributed by atoms with van der Waals surface area (Å²) in [6, 6.07) is 16.6. The molecule has 3 aromatic rings. The Morgan fingerprint density at radius 3 is 2.33 bits per heavy atom. The van der Waals surface area contributed by atoms with Crippen molar-refractivity contribution in [1.29, 1.82) is 0 Å². The SMILES string of the molecule is COC(=O)c1c(NC(=O)Cc2cccc(Oc3ccccc3)c2)sc(CNC(=O)OC(C)(C)C)c1C. The number of carbonyl (C=O) groups is 3. The number of nitrogens with one attached hydrogen (secondary N) is 2. The number of esters is 1. The number of benzene rings is 2. The van der Waals surface area contributed by atoms with Gasteiger partial charge in [0.15, 0.2) is 0 Å². The van der Waals surface area contributed by atoms with Crippen LogP contribution in [0.1, 0.15) is 47.1 Å². The number of hydrogen-bond donors (Lipinski definition) is 2. The summed E-state index contributed by atoms with van der Waals surface area (Å²) in [5.74, 6) is 0.443. The van der Waals surface area contributed by atoms with Crippen LogP contribution >= 0.6 is 11.3 Å². The maximum atomic E-state index is 12.9. The van der Waals surface area contributed by atoms with Gasteiger partial charge < -0.3 is 24.8 Å². The molecule has 0 bridgehead atoms. The lowest BCUT2D eigenvalue weighted by Gasteiger charge is -2.19. The maximum Gasteiger partial charge on any atom is 0.407 e. The highest BCUT2D eigenvalue weighted by atomic mass is 32.1. The van der Waals surface area contributed by atoms with Crippen molar-refractivity contribution >= 4 is 34.3 Å². The fraction of sp³-hybridized carbons (Fsp3) is 0.296. The van der Waals surface area contributed by atoms with Crippen LogP contribution in [0.25, 0.3) is 0 Å². The van der Waals surface area contributed by atoms with Gasteiger partial charge in [-0.1, -0.05) is 30.3 Å². The van der Waals surface area contributed by atoms with Crippen molar-refractivity contribution < 1.29 is 28.6 Å². The molecule has 2 N–H and O–H groups in total. The maximum absolute atomic E-state index is 12.9. The second-order valence-electron chi connectivity index (χ2n) is 8.99. The molecule has 36 heavy (non-hydrogen) atoms. The molecule has 0 atom stereocenters. The second-order valence-corrected chi connectivity index (χ2v) is 10.1. The third-order valence-corrected chi connectivity index (χ3v) is 6.13. The molecular formula is C27H30N2O6S. The number of amides is 2. The van der Waals surface area contributed by atoms with Gasteiger partial charge in [-0.2, -0.15) is 0 Å². The molecule has 0 radical (unpaired) electrons. The molecule has 1 aromatic heterocycles. The first kappa shape index (κ1) is 26.7. The first-order valence-electron chi connectivity index (χ1n) is 11.3. The molecule has 8 nitrogen and oxygen atoms in total. The molecule has 0 spiro atoms. The van der Waals surface area contributed by atoms with E-state index in [0.29, 0.717) is 26.9 Å². The van der Waals surface area contributed by atoms with E-state index in [1.807, 2.05) is 48.5 Å². The Kier molecular flexibility index (Phi) is 8.71. The van der Waals surface area contributed by atoms with Gasteiger partial charge in [0.05, 0.1) is 25.6 Å². The normalized spacial score (nSPS) is 10.9. The van der Waals surface area contributed by atoms with Gasteiger partial charge in [0.25, 0.3) is 0 Å².